The molecule has 2 aliphatic carbocycles. The Morgan fingerprint density at radius 1 is 1.09 bits per heavy atom. The molecule has 1 aromatic rings. The summed E-state index contributed by atoms with van der Waals surface area (Å²) in [7, 11) is 1.81. The summed E-state index contributed by atoms with van der Waals surface area (Å²) in [6, 6.07) is 14.5. The minimum absolute atomic E-state index is 0.111. The van der Waals surface area contributed by atoms with Crippen LogP contribution in [-0.2, 0) is 14.8 Å². The van der Waals surface area contributed by atoms with Crippen molar-refractivity contribution in [2.24, 2.45) is 0 Å². The molecular formula is C26H29N3O4S. The number of hydrogen-bond acceptors (Lipinski definition) is 5. The Labute approximate surface area is 200 Å². The SMILES string of the molecule is CNS(=O)(=O)c1ccc2c(c1)C(=Cc1cc(C)c3c(OCCCN(C)C)ccccc1-3)C(=O)N2. The molecule has 7 nitrogen and oxygen atoms in total. The van der Waals surface area contributed by atoms with E-state index in [0.29, 0.717) is 23.4 Å². The van der Waals surface area contributed by atoms with Crippen molar-refractivity contribution >= 4 is 33.3 Å². The van der Waals surface area contributed by atoms with Gasteiger partial charge in [0.2, 0.25) is 10.0 Å². The van der Waals surface area contributed by atoms with Crippen LogP contribution in [0.4, 0.5) is 5.69 Å². The highest BCUT2D eigenvalue weighted by Crippen LogP contribution is 2.42. The third-order valence-electron chi connectivity index (χ3n) is 5.87. The van der Waals surface area contributed by atoms with Gasteiger partial charge in [0.05, 0.1) is 11.5 Å². The molecule has 1 heterocycles. The second-order valence-corrected chi connectivity index (χ2v) is 10.5. The second-order valence-electron chi connectivity index (χ2n) is 8.59. The Hall–Kier alpha value is -3.20. The normalized spacial score (nSPS) is 14.6. The lowest BCUT2D eigenvalue weighted by molar-refractivity contribution is -0.110. The van der Waals surface area contributed by atoms with E-state index in [1.54, 1.807) is 6.07 Å². The predicted octanol–water partition coefficient (Wildman–Crippen LogP) is 3.83. The maximum absolute atomic E-state index is 12.8. The third kappa shape index (κ3) is 4.70. The maximum Gasteiger partial charge on any atom is 0.256 e. The molecule has 0 bridgehead atoms. The van der Waals surface area contributed by atoms with Crippen molar-refractivity contribution in [2.75, 3.05) is 39.6 Å². The van der Waals surface area contributed by atoms with Gasteiger partial charge >= 0.3 is 0 Å². The largest absolute Gasteiger partial charge is 0.493 e. The molecule has 1 aromatic carbocycles. The molecule has 34 heavy (non-hydrogen) atoms. The molecule has 0 atom stereocenters. The van der Waals surface area contributed by atoms with Gasteiger partial charge < -0.3 is 15.0 Å². The van der Waals surface area contributed by atoms with E-state index in [-0.39, 0.29) is 10.8 Å². The highest BCUT2D eigenvalue weighted by molar-refractivity contribution is 7.89. The first-order valence-corrected chi connectivity index (χ1v) is 12.6. The van der Waals surface area contributed by atoms with Gasteiger partial charge in [-0.15, -0.1) is 0 Å². The van der Waals surface area contributed by atoms with Crippen molar-refractivity contribution in [3.8, 4) is 16.9 Å². The lowest BCUT2D eigenvalue weighted by Crippen LogP contribution is -2.18. The Kier molecular flexibility index (Phi) is 6.74. The molecular weight excluding hydrogens is 450 g/mol. The van der Waals surface area contributed by atoms with Crippen LogP contribution in [-0.4, -0.2) is 53.5 Å². The van der Waals surface area contributed by atoms with Gasteiger partial charge in [-0.2, -0.15) is 0 Å². The topological polar surface area (TPSA) is 87.7 Å². The van der Waals surface area contributed by atoms with Gasteiger partial charge in [0.1, 0.15) is 5.75 Å². The molecule has 2 N–H and O–H groups in total. The van der Waals surface area contributed by atoms with Gasteiger partial charge in [-0.3, -0.25) is 4.79 Å². The Balaban J connectivity index is 1.73. The minimum Gasteiger partial charge on any atom is -0.493 e. The van der Waals surface area contributed by atoms with E-state index in [0.717, 1.165) is 41.0 Å². The van der Waals surface area contributed by atoms with Crippen molar-refractivity contribution in [2.45, 2.75) is 18.2 Å². The van der Waals surface area contributed by atoms with Crippen molar-refractivity contribution in [1.82, 2.24) is 9.62 Å². The zero-order valence-electron chi connectivity index (χ0n) is 19.8. The molecule has 0 spiro atoms. The average Bonchev–Trinajstić information content (AvgIpc) is 3.17. The molecule has 0 saturated heterocycles. The number of hydrogen-bond donors (Lipinski definition) is 2. The average molecular weight is 480 g/mol. The molecule has 0 aromatic heterocycles. The number of carbonyl (C=O) groups is 1. The fourth-order valence-corrected chi connectivity index (χ4v) is 4.93. The van der Waals surface area contributed by atoms with E-state index in [2.05, 4.69) is 14.9 Å². The first kappa shape index (κ1) is 23.9. The molecule has 4 rings (SSSR count). The van der Waals surface area contributed by atoms with Crippen LogP contribution in [0.15, 0.2) is 53.4 Å². The Morgan fingerprint density at radius 3 is 2.59 bits per heavy atom. The van der Waals surface area contributed by atoms with Crippen molar-refractivity contribution in [3.05, 3.63) is 65.2 Å². The summed E-state index contributed by atoms with van der Waals surface area (Å²) < 4.78 is 33.0. The summed E-state index contributed by atoms with van der Waals surface area (Å²) in [6.07, 6.45) is 2.74. The van der Waals surface area contributed by atoms with E-state index >= 15 is 0 Å². The first-order valence-electron chi connectivity index (χ1n) is 11.1. The Bertz CT molecular complexity index is 1350. The van der Waals surface area contributed by atoms with Crippen LogP contribution in [0, 0.1) is 6.92 Å². The lowest BCUT2D eigenvalue weighted by atomic mass is 10.0. The molecule has 0 radical (unpaired) electrons. The summed E-state index contributed by atoms with van der Waals surface area (Å²) in [6.45, 7) is 3.58. The number of benzene rings is 1. The van der Waals surface area contributed by atoms with Crippen LogP contribution >= 0.6 is 0 Å². The number of nitrogens with zero attached hydrogens (tertiary/aromatic N) is 1. The maximum atomic E-state index is 12.8. The number of rotatable bonds is 8. The summed E-state index contributed by atoms with van der Waals surface area (Å²) >= 11 is 0. The Morgan fingerprint density at radius 2 is 1.85 bits per heavy atom. The van der Waals surface area contributed by atoms with Gasteiger partial charge in [0, 0.05) is 28.9 Å². The first-order chi connectivity index (χ1) is 16.2. The number of amides is 1. The van der Waals surface area contributed by atoms with Crippen molar-refractivity contribution < 1.29 is 17.9 Å². The summed E-state index contributed by atoms with van der Waals surface area (Å²) in [5.41, 5.74) is 5.48. The van der Waals surface area contributed by atoms with E-state index in [9.17, 15) is 13.2 Å². The monoisotopic (exact) mass is 479 g/mol. The van der Waals surface area contributed by atoms with Gasteiger partial charge in [0.15, 0.2) is 0 Å². The molecule has 0 fully saturated rings. The van der Waals surface area contributed by atoms with Crippen LogP contribution in [0.3, 0.4) is 0 Å². The van der Waals surface area contributed by atoms with Crippen LogP contribution < -0.4 is 14.8 Å². The highest BCUT2D eigenvalue weighted by atomic mass is 32.2. The number of aryl methyl sites for hydroxylation is 1. The van der Waals surface area contributed by atoms with Crippen molar-refractivity contribution in [1.29, 1.82) is 0 Å². The lowest BCUT2D eigenvalue weighted by Gasteiger charge is -2.12. The fourth-order valence-electron chi connectivity index (χ4n) is 4.18. The quantitative estimate of drug-likeness (QED) is 0.379. The minimum atomic E-state index is -3.63. The van der Waals surface area contributed by atoms with Gasteiger partial charge in [-0.05, 0) is 81.5 Å². The smallest absolute Gasteiger partial charge is 0.256 e. The zero-order valence-corrected chi connectivity index (χ0v) is 20.6. The van der Waals surface area contributed by atoms with Gasteiger partial charge in [-0.25, -0.2) is 13.1 Å². The molecule has 0 saturated carbocycles. The molecule has 1 amide bonds. The number of carbonyl (C=O) groups excluding carboxylic acids is 1. The van der Waals surface area contributed by atoms with E-state index in [1.807, 2.05) is 57.4 Å². The van der Waals surface area contributed by atoms with Crippen molar-refractivity contribution in [3.63, 3.8) is 0 Å². The second kappa shape index (κ2) is 9.58. The zero-order chi connectivity index (χ0) is 24.5. The van der Waals surface area contributed by atoms with Gasteiger partial charge in [0.25, 0.3) is 5.91 Å². The molecule has 8 heteroatoms. The van der Waals surface area contributed by atoms with E-state index < -0.39 is 10.0 Å². The van der Waals surface area contributed by atoms with Crippen LogP contribution in [0.25, 0.3) is 22.8 Å². The predicted molar refractivity (Wildman–Crippen MR) is 136 cm³/mol. The van der Waals surface area contributed by atoms with E-state index in [4.69, 9.17) is 4.74 Å². The number of ether oxygens (including phenoxy) is 1. The van der Waals surface area contributed by atoms with Crippen LogP contribution in [0.1, 0.15) is 23.1 Å². The third-order valence-corrected chi connectivity index (χ3v) is 7.29. The summed E-state index contributed by atoms with van der Waals surface area (Å²) in [5.74, 6) is 0.543. The standard InChI is InChI=1S/C26H29N3O4S/c1-17-14-18(20-8-5-6-9-24(25(17)20)33-13-7-12-29(3)4)15-22-21-16-19(34(31,32)27-2)10-11-23(21)28-26(22)30/h5-6,8-11,14-16,27H,7,12-13H2,1-4H3,(H,28,30). The number of anilines is 1. The molecule has 3 aliphatic rings. The van der Waals surface area contributed by atoms with Gasteiger partial charge in [-0.1, -0.05) is 24.3 Å². The molecule has 0 unspecified atom stereocenters. The van der Waals surface area contributed by atoms with Crippen LogP contribution in [0.2, 0.25) is 0 Å². The highest BCUT2D eigenvalue weighted by Gasteiger charge is 2.27. The van der Waals surface area contributed by atoms with Crippen LogP contribution in [0.5, 0.6) is 5.75 Å². The molecule has 1 aliphatic heterocycles. The summed E-state index contributed by atoms with van der Waals surface area (Å²) in [5, 5.41) is 2.83. The summed E-state index contributed by atoms with van der Waals surface area (Å²) in [4.78, 5) is 15.0. The number of sulfonamides is 1. The molecule has 178 valence electrons. The number of nitrogens with one attached hydrogen (secondary N) is 2. The fraction of sp³-hybridized carbons (Fsp3) is 0.269. The van der Waals surface area contributed by atoms with E-state index in [1.165, 1.54) is 19.2 Å². The number of fused-ring (bicyclic) bond motifs is 2.